The summed E-state index contributed by atoms with van der Waals surface area (Å²) < 4.78 is 4.27. The molecule has 0 unspecified atom stereocenters. The van der Waals surface area contributed by atoms with Crippen LogP contribution in [-0.2, 0) is 16.0 Å². The first-order chi connectivity index (χ1) is 10.1. The molecule has 0 bridgehead atoms. The summed E-state index contributed by atoms with van der Waals surface area (Å²) in [5.41, 5.74) is 5.18. The van der Waals surface area contributed by atoms with E-state index in [-0.39, 0.29) is 24.9 Å². The molecule has 2 amide bonds. The van der Waals surface area contributed by atoms with Gasteiger partial charge in [0.15, 0.2) is 0 Å². The van der Waals surface area contributed by atoms with Crippen molar-refractivity contribution in [1.29, 1.82) is 0 Å². The van der Waals surface area contributed by atoms with Gasteiger partial charge in [-0.05, 0) is 0 Å². The highest BCUT2D eigenvalue weighted by atomic mass is 32.1. The van der Waals surface area contributed by atoms with E-state index in [2.05, 4.69) is 19.6 Å². The van der Waals surface area contributed by atoms with Crippen LogP contribution in [0.5, 0.6) is 0 Å². The van der Waals surface area contributed by atoms with Gasteiger partial charge in [0.25, 0.3) is 0 Å². The van der Waals surface area contributed by atoms with E-state index < -0.39 is 0 Å². The lowest BCUT2D eigenvalue weighted by Crippen LogP contribution is -2.51. The van der Waals surface area contributed by atoms with Gasteiger partial charge in [-0.25, -0.2) is 4.98 Å². The molecule has 1 fully saturated rings. The number of carbonyl (C=O) groups excluding carboxylic acids is 2. The second kappa shape index (κ2) is 7.32. The van der Waals surface area contributed by atoms with Crippen LogP contribution in [0.2, 0.25) is 0 Å². The lowest BCUT2D eigenvalue weighted by atomic mass is 10.3. The summed E-state index contributed by atoms with van der Waals surface area (Å²) in [5, 5.41) is 3.41. The molecule has 0 aromatic carbocycles. The zero-order valence-electron chi connectivity index (χ0n) is 12.0. The van der Waals surface area contributed by atoms with Crippen molar-refractivity contribution in [3.8, 4) is 0 Å². The molecular formula is C12H20N6O2S. The van der Waals surface area contributed by atoms with Gasteiger partial charge in [0.2, 0.25) is 16.9 Å². The minimum absolute atomic E-state index is 0.00875. The van der Waals surface area contributed by atoms with E-state index in [4.69, 9.17) is 5.73 Å². The summed E-state index contributed by atoms with van der Waals surface area (Å²) in [6.07, 6.45) is 0.829. The van der Waals surface area contributed by atoms with Crippen LogP contribution in [-0.4, -0.2) is 65.3 Å². The summed E-state index contributed by atoms with van der Waals surface area (Å²) in [6.45, 7) is 4.64. The summed E-state index contributed by atoms with van der Waals surface area (Å²) >= 11 is 1.40. The van der Waals surface area contributed by atoms with Gasteiger partial charge in [-0.1, -0.05) is 6.92 Å². The number of nitrogens with one attached hydrogen (secondary N) is 1. The standard InChI is InChI=1S/C12H20N6O2S/c1-2-9-15-12(21-16-9)18-5-3-17(4-6-18)11(20)8-14-10(19)7-13/h2-8,13H2,1H3,(H,14,19). The van der Waals surface area contributed by atoms with Crippen LogP contribution in [0.4, 0.5) is 5.13 Å². The number of anilines is 1. The van der Waals surface area contributed by atoms with Crippen molar-refractivity contribution in [3.63, 3.8) is 0 Å². The molecule has 0 aliphatic carbocycles. The number of amides is 2. The Balaban J connectivity index is 1.79. The first-order valence-corrected chi connectivity index (χ1v) is 7.73. The van der Waals surface area contributed by atoms with Crippen molar-refractivity contribution in [2.75, 3.05) is 44.2 Å². The third-order valence-corrected chi connectivity index (χ3v) is 4.11. The molecule has 3 N–H and O–H groups in total. The number of aryl methyl sites for hydroxylation is 1. The monoisotopic (exact) mass is 312 g/mol. The van der Waals surface area contributed by atoms with Crippen molar-refractivity contribution >= 4 is 28.5 Å². The minimum Gasteiger partial charge on any atom is -0.346 e. The Labute approximate surface area is 127 Å². The van der Waals surface area contributed by atoms with E-state index in [0.29, 0.717) is 13.1 Å². The second-order valence-corrected chi connectivity index (χ2v) is 5.43. The Morgan fingerprint density at radius 3 is 2.62 bits per heavy atom. The first kappa shape index (κ1) is 15.6. The molecule has 2 heterocycles. The molecule has 1 aliphatic heterocycles. The number of hydrogen-bond acceptors (Lipinski definition) is 7. The fourth-order valence-corrected chi connectivity index (χ4v) is 2.82. The van der Waals surface area contributed by atoms with E-state index in [9.17, 15) is 9.59 Å². The molecule has 9 heteroatoms. The molecule has 116 valence electrons. The van der Waals surface area contributed by atoms with Crippen LogP contribution in [0.15, 0.2) is 0 Å². The smallest absolute Gasteiger partial charge is 0.242 e. The predicted octanol–water partition coefficient (Wildman–Crippen LogP) is -1.18. The second-order valence-electron chi connectivity index (χ2n) is 4.70. The van der Waals surface area contributed by atoms with Gasteiger partial charge in [-0.15, -0.1) is 0 Å². The van der Waals surface area contributed by atoms with Crippen LogP contribution in [0.1, 0.15) is 12.7 Å². The maximum absolute atomic E-state index is 11.9. The molecule has 1 aromatic heterocycles. The molecule has 2 rings (SSSR count). The molecule has 1 aliphatic rings. The van der Waals surface area contributed by atoms with E-state index in [1.807, 2.05) is 6.92 Å². The van der Waals surface area contributed by atoms with Crippen molar-refractivity contribution in [3.05, 3.63) is 5.82 Å². The van der Waals surface area contributed by atoms with Gasteiger partial charge in [-0.2, -0.15) is 4.37 Å². The van der Waals surface area contributed by atoms with E-state index in [0.717, 1.165) is 30.5 Å². The maximum Gasteiger partial charge on any atom is 0.242 e. The number of aromatic nitrogens is 2. The van der Waals surface area contributed by atoms with Crippen LogP contribution in [0, 0.1) is 0 Å². The summed E-state index contributed by atoms with van der Waals surface area (Å²) in [4.78, 5) is 31.3. The highest BCUT2D eigenvalue weighted by molar-refractivity contribution is 7.09. The average molecular weight is 312 g/mol. The van der Waals surface area contributed by atoms with Crippen LogP contribution in [0.3, 0.4) is 0 Å². The molecule has 0 atom stereocenters. The Kier molecular flexibility index (Phi) is 5.45. The van der Waals surface area contributed by atoms with Crippen LogP contribution < -0.4 is 16.0 Å². The predicted molar refractivity (Wildman–Crippen MR) is 80.1 cm³/mol. The number of rotatable bonds is 5. The minimum atomic E-state index is -0.317. The highest BCUT2D eigenvalue weighted by Crippen LogP contribution is 2.19. The summed E-state index contributed by atoms with van der Waals surface area (Å²) in [7, 11) is 0. The zero-order valence-corrected chi connectivity index (χ0v) is 12.9. The highest BCUT2D eigenvalue weighted by Gasteiger charge is 2.23. The third-order valence-electron chi connectivity index (χ3n) is 3.30. The fourth-order valence-electron chi connectivity index (χ4n) is 2.02. The number of carbonyl (C=O) groups is 2. The fraction of sp³-hybridized carbons (Fsp3) is 0.667. The molecular weight excluding hydrogens is 292 g/mol. The lowest BCUT2D eigenvalue weighted by Gasteiger charge is -2.34. The molecule has 1 saturated heterocycles. The van der Waals surface area contributed by atoms with Crippen LogP contribution >= 0.6 is 11.5 Å². The lowest BCUT2D eigenvalue weighted by molar-refractivity contribution is -0.132. The number of nitrogens with two attached hydrogens (primary N) is 1. The largest absolute Gasteiger partial charge is 0.346 e. The van der Waals surface area contributed by atoms with Crippen LogP contribution in [0.25, 0.3) is 0 Å². The van der Waals surface area contributed by atoms with Gasteiger partial charge >= 0.3 is 0 Å². The molecule has 0 radical (unpaired) electrons. The van der Waals surface area contributed by atoms with Gasteiger partial charge in [0.05, 0.1) is 13.1 Å². The van der Waals surface area contributed by atoms with E-state index in [1.165, 1.54) is 11.5 Å². The molecule has 21 heavy (non-hydrogen) atoms. The Morgan fingerprint density at radius 1 is 1.33 bits per heavy atom. The van der Waals surface area contributed by atoms with Gasteiger partial charge < -0.3 is 20.9 Å². The molecule has 1 aromatic rings. The normalized spacial score (nSPS) is 15.1. The quantitative estimate of drug-likeness (QED) is 0.709. The van der Waals surface area contributed by atoms with Gasteiger partial charge in [0.1, 0.15) is 5.82 Å². The van der Waals surface area contributed by atoms with Crippen molar-refractivity contribution in [1.82, 2.24) is 19.6 Å². The zero-order chi connectivity index (χ0) is 15.2. The average Bonchev–Trinajstić information content (AvgIpc) is 3.01. The SMILES string of the molecule is CCc1nsc(N2CCN(C(=O)CNC(=O)CN)CC2)n1. The Hall–Kier alpha value is -1.74. The summed E-state index contributed by atoms with van der Waals surface area (Å²) in [6, 6.07) is 0. The van der Waals surface area contributed by atoms with E-state index in [1.54, 1.807) is 4.90 Å². The third kappa shape index (κ3) is 4.11. The van der Waals surface area contributed by atoms with Crippen molar-refractivity contribution < 1.29 is 9.59 Å². The van der Waals surface area contributed by atoms with Crippen molar-refractivity contribution in [2.45, 2.75) is 13.3 Å². The van der Waals surface area contributed by atoms with E-state index >= 15 is 0 Å². The number of piperazine rings is 1. The topological polar surface area (TPSA) is 104 Å². The number of hydrogen-bond donors (Lipinski definition) is 2. The first-order valence-electron chi connectivity index (χ1n) is 6.96. The molecule has 0 saturated carbocycles. The molecule has 0 spiro atoms. The van der Waals surface area contributed by atoms with Gasteiger partial charge in [-0.3, -0.25) is 9.59 Å². The van der Waals surface area contributed by atoms with Gasteiger partial charge in [0, 0.05) is 44.1 Å². The summed E-state index contributed by atoms with van der Waals surface area (Å²) in [5.74, 6) is 0.462. The maximum atomic E-state index is 11.9. The molecule has 8 nitrogen and oxygen atoms in total. The Morgan fingerprint density at radius 2 is 2.05 bits per heavy atom. The van der Waals surface area contributed by atoms with Crippen molar-refractivity contribution in [2.24, 2.45) is 5.73 Å². The Bertz CT molecular complexity index is 498. The number of nitrogens with zero attached hydrogens (tertiary/aromatic N) is 4.